The maximum Gasteiger partial charge on any atom is 0.128 e. The fraction of sp³-hybridized carbons (Fsp3) is 0.294. The van der Waals surface area contributed by atoms with Gasteiger partial charge in [0.05, 0.1) is 26.9 Å². The molecule has 0 amide bonds. The van der Waals surface area contributed by atoms with Crippen LogP contribution in [0.1, 0.15) is 23.1 Å². The second kappa shape index (κ2) is 7.21. The van der Waals surface area contributed by atoms with Crippen molar-refractivity contribution in [2.24, 2.45) is 0 Å². The van der Waals surface area contributed by atoms with Crippen molar-refractivity contribution in [3.05, 3.63) is 47.5 Å². The van der Waals surface area contributed by atoms with Crippen molar-refractivity contribution in [3.63, 3.8) is 0 Å². The van der Waals surface area contributed by atoms with Crippen LogP contribution in [0.5, 0.6) is 23.0 Å². The van der Waals surface area contributed by atoms with E-state index in [0.717, 1.165) is 0 Å². The molecule has 6 heteroatoms. The normalized spacial score (nSPS) is 13.4. The summed E-state index contributed by atoms with van der Waals surface area (Å²) >= 11 is 0. The van der Waals surface area contributed by atoms with Crippen molar-refractivity contribution >= 4 is 0 Å². The maximum atomic E-state index is 10.7. The minimum atomic E-state index is -1.09. The van der Waals surface area contributed by atoms with Gasteiger partial charge in [-0.15, -0.1) is 0 Å². The Morgan fingerprint density at radius 3 is 1.83 bits per heavy atom. The number of benzene rings is 2. The average molecular weight is 320 g/mol. The lowest BCUT2D eigenvalue weighted by Crippen LogP contribution is -2.16. The molecule has 0 saturated heterocycles. The molecule has 0 saturated carbocycles. The largest absolute Gasteiger partial charge is 0.508 e. The van der Waals surface area contributed by atoms with Crippen molar-refractivity contribution in [3.8, 4) is 23.0 Å². The van der Waals surface area contributed by atoms with Crippen LogP contribution >= 0.6 is 0 Å². The van der Waals surface area contributed by atoms with Crippen LogP contribution in [0.2, 0.25) is 0 Å². The summed E-state index contributed by atoms with van der Waals surface area (Å²) in [5, 5.41) is 39.5. The zero-order valence-electron chi connectivity index (χ0n) is 12.9. The van der Waals surface area contributed by atoms with Crippen molar-refractivity contribution in [2.45, 2.75) is 12.0 Å². The molecule has 0 bridgehead atoms. The summed E-state index contributed by atoms with van der Waals surface area (Å²) in [6.45, 7) is -0.341. The van der Waals surface area contributed by atoms with E-state index < -0.39 is 12.0 Å². The Balaban J connectivity index is 2.45. The van der Waals surface area contributed by atoms with E-state index in [1.165, 1.54) is 44.6 Å². The Morgan fingerprint density at radius 2 is 1.35 bits per heavy atom. The summed E-state index contributed by atoms with van der Waals surface area (Å²) < 4.78 is 10.4. The third-order valence-corrected chi connectivity index (χ3v) is 3.73. The number of hydrogen-bond acceptors (Lipinski definition) is 6. The monoisotopic (exact) mass is 320 g/mol. The third-order valence-electron chi connectivity index (χ3n) is 3.73. The van der Waals surface area contributed by atoms with Crippen LogP contribution in [-0.2, 0) is 0 Å². The standard InChI is InChI=1S/C17H20O6/c1-22-15-7-10(19)3-5-12(15)14(9-18)17(21)13-6-4-11(20)8-16(13)23-2/h3-8,14,17-21H,9H2,1-2H3. The zero-order valence-corrected chi connectivity index (χ0v) is 12.9. The molecule has 2 rings (SSSR count). The number of ether oxygens (including phenoxy) is 2. The van der Waals surface area contributed by atoms with E-state index in [0.29, 0.717) is 22.6 Å². The molecule has 0 radical (unpaired) electrons. The molecule has 6 nitrogen and oxygen atoms in total. The number of phenolic OH excluding ortho intramolecular Hbond substituents is 2. The van der Waals surface area contributed by atoms with Gasteiger partial charge in [0.2, 0.25) is 0 Å². The first-order chi connectivity index (χ1) is 11.0. The van der Waals surface area contributed by atoms with Crippen molar-refractivity contribution in [1.82, 2.24) is 0 Å². The maximum absolute atomic E-state index is 10.7. The molecule has 0 aromatic heterocycles. The molecule has 4 N–H and O–H groups in total. The van der Waals surface area contributed by atoms with Crippen LogP contribution < -0.4 is 9.47 Å². The lowest BCUT2D eigenvalue weighted by molar-refractivity contribution is 0.103. The van der Waals surface area contributed by atoms with Gasteiger partial charge in [0.15, 0.2) is 0 Å². The number of aromatic hydroxyl groups is 2. The highest BCUT2D eigenvalue weighted by Gasteiger charge is 2.27. The fourth-order valence-corrected chi connectivity index (χ4v) is 2.54. The number of hydrogen-bond donors (Lipinski definition) is 4. The van der Waals surface area contributed by atoms with Crippen molar-refractivity contribution in [2.75, 3.05) is 20.8 Å². The first kappa shape index (κ1) is 16.9. The molecule has 2 aromatic rings. The Bertz CT molecular complexity index is 670. The molecule has 0 aliphatic rings. The van der Waals surface area contributed by atoms with Crippen LogP contribution in [0.3, 0.4) is 0 Å². The van der Waals surface area contributed by atoms with Gasteiger partial charge in [0, 0.05) is 29.2 Å². The molecule has 0 fully saturated rings. The second-order valence-electron chi connectivity index (χ2n) is 5.09. The van der Waals surface area contributed by atoms with E-state index in [9.17, 15) is 20.4 Å². The minimum absolute atomic E-state index is 0.0144. The molecule has 23 heavy (non-hydrogen) atoms. The van der Waals surface area contributed by atoms with Gasteiger partial charge in [-0.1, -0.05) is 6.07 Å². The summed E-state index contributed by atoms with van der Waals surface area (Å²) in [6, 6.07) is 8.82. The van der Waals surface area contributed by atoms with Gasteiger partial charge in [0.25, 0.3) is 0 Å². The SMILES string of the molecule is COc1cc(O)ccc1C(O)C(CO)c1ccc(O)cc1OC. The quantitative estimate of drug-likeness (QED) is 0.649. The van der Waals surface area contributed by atoms with Crippen LogP contribution in [0.4, 0.5) is 0 Å². The lowest BCUT2D eigenvalue weighted by Gasteiger charge is -2.25. The molecule has 0 aliphatic heterocycles. The van der Waals surface area contributed by atoms with E-state index in [-0.39, 0.29) is 18.1 Å². The van der Waals surface area contributed by atoms with Crippen molar-refractivity contribution in [1.29, 1.82) is 0 Å². The molecular formula is C17H20O6. The Kier molecular flexibility index (Phi) is 5.31. The average Bonchev–Trinajstić information content (AvgIpc) is 2.56. The highest BCUT2D eigenvalue weighted by atomic mass is 16.5. The first-order valence-electron chi connectivity index (χ1n) is 7.04. The number of aliphatic hydroxyl groups excluding tert-OH is 2. The molecule has 2 atom stereocenters. The van der Waals surface area contributed by atoms with Gasteiger partial charge in [-0.05, 0) is 18.2 Å². The van der Waals surface area contributed by atoms with E-state index in [2.05, 4.69) is 0 Å². The van der Waals surface area contributed by atoms with E-state index in [4.69, 9.17) is 9.47 Å². The lowest BCUT2D eigenvalue weighted by atomic mass is 9.88. The van der Waals surface area contributed by atoms with Gasteiger partial charge >= 0.3 is 0 Å². The number of rotatable bonds is 6. The number of phenols is 2. The topological polar surface area (TPSA) is 99.4 Å². The summed E-state index contributed by atoms with van der Waals surface area (Å²) in [4.78, 5) is 0. The van der Waals surface area contributed by atoms with Gasteiger partial charge < -0.3 is 29.9 Å². The molecule has 2 unspecified atom stereocenters. The number of methoxy groups -OCH3 is 2. The summed E-state index contributed by atoms with van der Waals surface area (Å²) in [7, 11) is 2.88. The van der Waals surface area contributed by atoms with Crippen LogP contribution in [0, 0.1) is 0 Å². The summed E-state index contributed by atoms with van der Waals surface area (Å²) in [5.74, 6) is 0.0260. The molecule has 2 aromatic carbocycles. The fourth-order valence-electron chi connectivity index (χ4n) is 2.54. The number of aliphatic hydroxyl groups is 2. The van der Waals surface area contributed by atoms with E-state index in [1.54, 1.807) is 6.07 Å². The summed E-state index contributed by atoms with van der Waals surface area (Å²) in [6.07, 6.45) is -1.09. The van der Waals surface area contributed by atoms with Crippen molar-refractivity contribution < 1.29 is 29.9 Å². The van der Waals surface area contributed by atoms with Gasteiger partial charge in [-0.25, -0.2) is 0 Å². The zero-order chi connectivity index (χ0) is 17.0. The predicted octanol–water partition coefficient (Wildman–Crippen LogP) is 1.92. The highest BCUT2D eigenvalue weighted by Crippen LogP contribution is 2.40. The summed E-state index contributed by atoms with van der Waals surface area (Å²) in [5.41, 5.74) is 0.981. The molecular weight excluding hydrogens is 300 g/mol. The van der Waals surface area contributed by atoms with Gasteiger partial charge in [-0.2, -0.15) is 0 Å². The molecule has 0 aliphatic carbocycles. The Hall–Kier alpha value is -2.44. The van der Waals surface area contributed by atoms with Gasteiger partial charge in [-0.3, -0.25) is 0 Å². The van der Waals surface area contributed by atoms with Gasteiger partial charge in [0.1, 0.15) is 23.0 Å². The van der Waals surface area contributed by atoms with Crippen LogP contribution in [-0.4, -0.2) is 41.3 Å². The highest BCUT2D eigenvalue weighted by molar-refractivity contribution is 5.46. The Morgan fingerprint density at radius 1 is 0.870 bits per heavy atom. The Labute approximate surface area is 134 Å². The predicted molar refractivity (Wildman–Crippen MR) is 84.1 cm³/mol. The van der Waals surface area contributed by atoms with E-state index in [1.807, 2.05) is 0 Å². The molecule has 0 spiro atoms. The second-order valence-corrected chi connectivity index (χ2v) is 5.09. The smallest absolute Gasteiger partial charge is 0.128 e. The third kappa shape index (κ3) is 3.49. The van der Waals surface area contributed by atoms with Crippen LogP contribution in [0.25, 0.3) is 0 Å². The molecule has 124 valence electrons. The van der Waals surface area contributed by atoms with Crippen LogP contribution in [0.15, 0.2) is 36.4 Å². The molecule has 0 heterocycles. The van der Waals surface area contributed by atoms with E-state index >= 15 is 0 Å². The first-order valence-corrected chi connectivity index (χ1v) is 7.04. The minimum Gasteiger partial charge on any atom is -0.508 e.